The molecule has 190 valence electrons. The van der Waals surface area contributed by atoms with Crippen molar-refractivity contribution in [3.05, 3.63) is 52.3 Å². The quantitative estimate of drug-likeness (QED) is 0.407. The number of amides is 1. The van der Waals surface area contributed by atoms with E-state index in [4.69, 9.17) is 18.7 Å². The number of esters is 1. The summed E-state index contributed by atoms with van der Waals surface area (Å²) in [4.78, 5) is 32.0. The van der Waals surface area contributed by atoms with Crippen molar-refractivity contribution in [3.63, 3.8) is 0 Å². The average Bonchev–Trinajstić information content (AvgIpc) is 3.36. The third-order valence-corrected chi connectivity index (χ3v) is 6.55. The summed E-state index contributed by atoms with van der Waals surface area (Å²) in [7, 11) is 4.24. The maximum absolute atomic E-state index is 13.0. The number of carbonyl (C=O) groups excluding carboxylic acids is 2. The van der Waals surface area contributed by atoms with E-state index in [-0.39, 0.29) is 17.4 Å². The molecule has 0 aliphatic carbocycles. The Morgan fingerprint density at radius 3 is 2.50 bits per heavy atom. The van der Waals surface area contributed by atoms with Gasteiger partial charge in [-0.15, -0.1) is 0 Å². The van der Waals surface area contributed by atoms with E-state index >= 15 is 0 Å². The maximum atomic E-state index is 13.0. The smallest absolute Gasteiger partial charge is 0.340 e. The summed E-state index contributed by atoms with van der Waals surface area (Å²) in [6.07, 6.45) is 1.30. The molecule has 0 unspecified atom stereocenters. The van der Waals surface area contributed by atoms with Gasteiger partial charge in [-0.25, -0.2) is 4.79 Å². The average molecular weight is 559 g/mol. The van der Waals surface area contributed by atoms with Gasteiger partial charge < -0.3 is 24.1 Å². The van der Waals surface area contributed by atoms with Gasteiger partial charge in [0.1, 0.15) is 0 Å². The SMILES string of the molecule is COC(=O)c1cc(OC)c(OC)cc1NC(=O)C1CCN(Cc2nc(-c3cccc(Br)c3)no2)CC1. The van der Waals surface area contributed by atoms with Crippen LogP contribution in [-0.4, -0.2) is 61.3 Å². The molecular weight excluding hydrogens is 532 g/mol. The zero-order chi connectivity index (χ0) is 25.7. The van der Waals surface area contributed by atoms with E-state index in [2.05, 4.69) is 36.3 Å². The third-order valence-electron chi connectivity index (χ3n) is 6.06. The third kappa shape index (κ3) is 5.85. The number of aromatic nitrogens is 2. The number of carbonyl (C=O) groups is 2. The van der Waals surface area contributed by atoms with Crippen molar-refractivity contribution >= 4 is 33.5 Å². The number of hydrogen-bond acceptors (Lipinski definition) is 9. The first-order chi connectivity index (χ1) is 17.4. The lowest BCUT2D eigenvalue weighted by molar-refractivity contribution is -0.121. The molecule has 1 N–H and O–H groups in total. The van der Waals surface area contributed by atoms with Crippen molar-refractivity contribution in [3.8, 4) is 22.9 Å². The Bertz CT molecular complexity index is 1240. The Labute approximate surface area is 217 Å². The molecule has 0 saturated carbocycles. The molecule has 11 heteroatoms. The monoisotopic (exact) mass is 558 g/mol. The summed E-state index contributed by atoms with van der Waals surface area (Å²) in [5.41, 5.74) is 1.38. The summed E-state index contributed by atoms with van der Waals surface area (Å²) in [6, 6.07) is 10.8. The predicted molar refractivity (Wildman–Crippen MR) is 135 cm³/mol. The first-order valence-corrected chi connectivity index (χ1v) is 12.2. The van der Waals surface area contributed by atoms with E-state index in [1.165, 1.54) is 27.4 Å². The molecule has 10 nitrogen and oxygen atoms in total. The molecule has 1 fully saturated rings. The van der Waals surface area contributed by atoms with Gasteiger partial charge in [-0.2, -0.15) is 4.98 Å². The Balaban J connectivity index is 1.37. The number of nitrogens with zero attached hydrogens (tertiary/aromatic N) is 3. The first-order valence-electron chi connectivity index (χ1n) is 11.4. The van der Waals surface area contributed by atoms with Crippen molar-refractivity contribution in [2.75, 3.05) is 39.7 Å². The zero-order valence-electron chi connectivity index (χ0n) is 20.2. The van der Waals surface area contributed by atoms with Crippen LogP contribution in [0.4, 0.5) is 5.69 Å². The van der Waals surface area contributed by atoms with Crippen molar-refractivity contribution in [2.45, 2.75) is 19.4 Å². The van der Waals surface area contributed by atoms with Crippen molar-refractivity contribution < 1.29 is 28.3 Å². The van der Waals surface area contributed by atoms with Gasteiger partial charge in [0.05, 0.1) is 39.1 Å². The molecule has 1 aliphatic heterocycles. The minimum Gasteiger partial charge on any atom is -0.493 e. The zero-order valence-corrected chi connectivity index (χ0v) is 21.8. The summed E-state index contributed by atoms with van der Waals surface area (Å²) in [5.74, 6) is 0.882. The van der Waals surface area contributed by atoms with Crippen LogP contribution in [0.5, 0.6) is 11.5 Å². The van der Waals surface area contributed by atoms with E-state index in [9.17, 15) is 9.59 Å². The highest BCUT2D eigenvalue weighted by Crippen LogP contribution is 2.34. The molecule has 1 aromatic heterocycles. The van der Waals surface area contributed by atoms with Gasteiger partial charge in [0.2, 0.25) is 17.6 Å². The number of halogens is 1. The fraction of sp³-hybridized carbons (Fsp3) is 0.360. The molecule has 3 aromatic rings. The van der Waals surface area contributed by atoms with Crippen LogP contribution in [0.3, 0.4) is 0 Å². The van der Waals surface area contributed by atoms with Crippen LogP contribution >= 0.6 is 15.9 Å². The van der Waals surface area contributed by atoms with Crippen LogP contribution in [0.15, 0.2) is 45.4 Å². The lowest BCUT2D eigenvalue weighted by Gasteiger charge is -2.30. The van der Waals surface area contributed by atoms with Crippen LogP contribution < -0.4 is 14.8 Å². The van der Waals surface area contributed by atoms with Gasteiger partial charge in [-0.05, 0) is 38.1 Å². The number of methoxy groups -OCH3 is 3. The van der Waals surface area contributed by atoms with Crippen molar-refractivity contribution in [1.82, 2.24) is 15.0 Å². The number of anilines is 1. The summed E-state index contributed by atoms with van der Waals surface area (Å²) in [6.45, 7) is 1.91. The molecule has 1 aliphatic rings. The number of rotatable bonds is 8. The van der Waals surface area contributed by atoms with Gasteiger partial charge in [0.25, 0.3) is 0 Å². The van der Waals surface area contributed by atoms with Gasteiger partial charge >= 0.3 is 5.97 Å². The highest BCUT2D eigenvalue weighted by Gasteiger charge is 2.28. The Kier molecular flexibility index (Phi) is 8.21. The van der Waals surface area contributed by atoms with Crippen molar-refractivity contribution in [1.29, 1.82) is 0 Å². The van der Waals surface area contributed by atoms with Gasteiger partial charge in [-0.3, -0.25) is 9.69 Å². The fourth-order valence-corrected chi connectivity index (χ4v) is 4.50. The molecule has 0 radical (unpaired) electrons. The molecule has 2 aromatic carbocycles. The van der Waals surface area contributed by atoms with E-state index in [0.29, 0.717) is 61.4 Å². The molecule has 0 bridgehead atoms. The summed E-state index contributed by atoms with van der Waals surface area (Å²) >= 11 is 3.45. The number of ether oxygens (including phenoxy) is 3. The normalized spacial score (nSPS) is 14.3. The Morgan fingerprint density at radius 2 is 1.83 bits per heavy atom. The van der Waals surface area contributed by atoms with Crippen LogP contribution in [-0.2, 0) is 16.1 Å². The summed E-state index contributed by atoms with van der Waals surface area (Å²) in [5, 5.41) is 6.96. The van der Waals surface area contributed by atoms with Crippen molar-refractivity contribution in [2.24, 2.45) is 5.92 Å². The Morgan fingerprint density at radius 1 is 1.11 bits per heavy atom. The number of nitrogens with one attached hydrogen (secondary N) is 1. The molecule has 0 atom stereocenters. The second kappa shape index (κ2) is 11.5. The lowest BCUT2D eigenvalue weighted by atomic mass is 9.95. The molecule has 2 heterocycles. The predicted octanol–water partition coefficient (Wildman–Crippen LogP) is 4.15. The number of benzene rings is 2. The maximum Gasteiger partial charge on any atom is 0.340 e. The minimum atomic E-state index is -0.581. The fourth-order valence-electron chi connectivity index (χ4n) is 4.10. The molecule has 1 saturated heterocycles. The molecule has 36 heavy (non-hydrogen) atoms. The highest BCUT2D eigenvalue weighted by atomic mass is 79.9. The van der Waals surface area contributed by atoms with Crippen LogP contribution in [0, 0.1) is 5.92 Å². The second-order valence-electron chi connectivity index (χ2n) is 8.31. The largest absolute Gasteiger partial charge is 0.493 e. The number of likely N-dealkylation sites (tertiary alicyclic amines) is 1. The van der Waals surface area contributed by atoms with Gasteiger partial charge in [-0.1, -0.05) is 33.2 Å². The molecule has 4 rings (SSSR count). The van der Waals surface area contributed by atoms with Gasteiger partial charge in [0.15, 0.2) is 11.5 Å². The first kappa shape index (κ1) is 25.6. The topological polar surface area (TPSA) is 116 Å². The minimum absolute atomic E-state index is 0.165. The molecule has 0 spiro atoms. The van der Waals surface area contributed by atoms with Crippen LogP contribution in [0.25, 0.3) is 11.4 Å². The number of piperidine rings is 1. The summed E-state index contributed by atoms with van der Waals surface area (Å²) < 4.78 is 21.8. The standard InChI is InChI=1S/C25H27BrN4O6/c1-33-20-12-18(25(32)35-3)19(13-21(20)34-2)27-24(31)15-7-9-30(10-8-15)14-22-28-23(29-36-22)16-5-4-6-17(26)11-16/h4-6,11-13,15H,7-10,14H2,1-3H3,(H,27,31). The van der Waals surface area contributed by atoms with E-state index in [1.807, 2.05) is 24.3 Å². The van der Waals surface area contributed by atoms with Gasteiger partial charge in [0, 0.05) is 28.1 Å². The number of hydrogen-bond donors (Lipinski definition) is 1. The van der Waals surface area contributed by atoms with Crippen LogP contribution in [0.1, 0.15) is 29.1 Å². The highest BCUT2D eigenvalue weighted by molar-refractivity contribution is 9.10. The van der Waals surface area contributed by atoms with E-state index in [1.54, 1.807) is 6.07 Å². The van der Waals surface area contributed by atoms with Crippen LogP contribution in [0.2, 0.25) is 0 Å². The molecule has 1 amide bonds. The molecular formula is C25H27BrN4O6. The van der Waals surface area contributed by atoms with E-state index < -0.39 is 5.97 Å². The van der Waals surface area contributed by atoms with E-state index in [0.717, 1.165) is 10.0 Å². The Hall–Kier alpha value is -3.44. The second-order valence-corrected chi connectivity index (χ2v) is 9.22. The lowest BCUT2D eigenvalue weighted by Crippen LogP contribution is -2.38.